The van der Waals surface area contributed by atoms with Gasteiger partial charge in [-0.05, 0) is 31.0 Å². The molecule has 9 nitrogen and oxygen atoms in total. The molecule has 30 heavy (non-hydrogen) atoms. The van der Waals surface area contributed by atoms with Crippen LogP contribution in [0.4, 0.5) is 0 Å². The second-order valence-corrected chi connectivity index (χ2v) is 8.53. The van der Waals surface area contributed by atoms with Crippen LogP contribution >= 0.6 is 11.6 Å². The van der Waals surface area contributed by atoms with Crippen molar-refractivity contribution in [3.63, 3.8) is 0 Å². The molecule has 1 atom stereocenters. The van der Waals surface area contributed by atoms with E-state index in [1.165, 1.54) is 0 Å². The molecule has 5 heterocycles. The number of carbonyl (C=O) groups is 1. The number of rotatable bonds is 3. The maximum atomic E-state index is 13.4. The number of nitrogens with one attached hydrogen (secondary N) is 1. The lowest BCUT2D eigenvalue weighted by molar-refractivity contribution is 0.0643. The molecule has 6 rings (SSSR count). The van der Waals surface area contributed by atoms with Crippen molar-refractivity contribution in [3.8, 4) is 0 Å². The maximum Gasteiger partial charge on any atom is 0.312 e. The van der Waals surface area contributed by atoms with E-state index >= 15 is 0 Å². The fraction of sp³-hybridized carbons (Fsp3) is 0.350. The Kier molecular flexibility index (Phi) is 3.62. The van der Waals surface area contributed by atoms with Gasteiger partial charge in [0.2, 0.25) is 5.89 Å². The van der Waals surface area contributed by atoms with Crippen molar-refractivity contribution in [3.05, 3.63) is 64.6 Å². The van der Waals surface area contributed by atoms with Crippen LogP contribution in [0.2, 0.25) is 5.15 Å². The van der Waals surface area contributed by atoms with Crippen LogP contribution in [0, 0.1) is 0 Å². The quantitative estimate of drug-likeness (QED) is 0.508. The molecule has 1 aliphatic carbocycles. The summed E-state index contributed by atoms with van der Waals surface area (Å²) >= 11 is 6.30. The Labute approximate surface area is 176 Å². The van der Waals surface area contributed by atoms with E-state index in [0.717, 1.165) is 29.7 Å². The van der Waals surface area contributed by atoms with Gasteiger partial charge < -0.3 is 14.3 Å². The SMILES string of the molecule is CC1(c2nnc(C(=O)N3CCc4[nH]cnc4C3c3cc4cccc(Cl)n4n3)o2)CC1. The molecule has 0 spiro atoms. The number of nitrogens with zero attached hydrogens (tertiary/aromatic N) is 6. The largest absolute Gasteiger partial charge is 0.416 e. The number of imidazole rings is 1. The monoisotopic (exact) mass is 423 g/mol. The highest BCUT2D eigenvalue weighted by molar-refractivity contribution is 6.29. The molecule has 152 valence electrons. The number of pyridine rings is 1. The number of hydrogen-bond donors (Lipinski definition) is 1. The molecular formula is C20H18ClN7O2. The Morgan fingerprint density at radius 2 is 2.20 bits per heavy atom. The molecule has 2 aliphatic rings. The minimum Gasteiger partial charge on any atom is -0.416 e. The molecule has 4 aromatic rings. The number of halogens is 1. The van der Waals surface area contributed by atoms with Crippen molar-refractivity contribution in [2.75, 3.05) is 6.54 Å². The molecule has 1 amide bonds. The number of H-pyrrole nitrogens is 1. The van der Waals surface area contributed by atoms with Crippen LogP contribution in [-0.2, 0) is 11.8 Å². The van der Waals surface area contributed by atoms with Crippen LogP contribution in [0.1, 0.15) is 59.5 Å². The fourth-order valence-electron chi connectivity index (χ4n) is 4.01. The van der Waals surface area contributed by atoms with Crippen molar-refractivity contribution in [2.45, 2.75) is 37.6 Å². The summed E-state index contributed by atoms with van der Waals surface area (Å²) in [7, 11) is 0. The van der Waals surface area contributed by atoms with Crippen molar-refractivity contribution in [1.29, 1.82) is 0 Å². The van der Waals surface area contributed by atoms with Gasteiger partial charge in [-0.1, -0.05) is 24.6 Å². The van der Waals surface area contributed by atoms with E-state index in [-0.39, 0.29) is 17.2 Å². The molecule has 1 saturated carbocycles. The molecular weight excluding hydrogens is 406 g/mol. The Hall–Kier alpha value is -3.20. The zero-order valence-corrected chi connectivity index (χ0v) is 16.9. The third-order valence-electron chi connectivity index (χ3n) is 6.05. The van der Waals surface area contributed by atoms with Crippen LogP contribution in [0.25, 0.3) is 5.52 Å². The Morgan fingerprint density at radius 1 is 1.33 bits per heavy atom. The number of amides is 1. The van der Waals surface area contributed by atoms with Crippen LogP contribution in [0.3, 0.4) is 0 Å². The lowest BCUT2D eigenvalue weighted by Crippen LogP contribution is -2.41. The zero-order chi connectivity index (χ0) is 20.5. The van der Waals surface area contributed by atoms with Crippen molar-refractivity contribution >= 4 is 23.0 Å². The standard InChI is InChI=1S/C20H18ClN7O2/c1-20(6-7-20)19-25-24-17(30-19)18(29)27-8-5-12-15(23-10-22-12)16(27)13-9-11-3-2-4-14(21)28(11)26-13/h2-4,9-10,16H,5-8H2,1H3,(H,22,23). The van der Waals surface area contributed by atoms with Crippen LogP contribution in [0.5, 0.6) is 0 Å². The van der Waals surface area contributed by atoms with E-state index in [4.69, 9.17) is 16.0 Å². The number of hydrogen-bond acceptors (Lipinski definition) is 6. The first-order valence-electron chi connectivity index (χ1n) is 9.85. The number of aromatic amines is 1. The van der Waals surface area contributed by atoms with Crippen molar-refractivity contribution in [2.24, 2.45) is 0 Å². The van der Waals surface area contributed by atoms with Gasteiger partial charge in [0.05, 0.1) is 23.2 Å². The predicted molar refractivity (Wildman–Crippen MR) is 106 cm³/mol. The Bertz CT molecular complexity index is 1290. The van der Waals surface area contributed by atoms with Gasteiger partial charge in [0.1, 0.15) is 11.2 Å². The number of carbonyl (C=O) groups excluding carboxylic acids is 1. The first-order chi connectivity index (χ1) is 14.5. The summed E-state index contributed by atoms with van der Waals surface area (Å²) in [5.41, 5.74) is 3.18. The molecule has 1 N–H and O–H groups in total. The lowest BCUT2D eigenvalue weighted by Gasteiger charge is -2.32. The highest BCUT2D eigenvalue weighted by Gasteiger charge is 2.45. The summed E-state index contributed by atoms with van der Waals surface area (Å²) in [6, 6.07) is 7.00. The first kappa shape index (κ1) is 17.6. The Balaban J connectivity index is 1.43. The third kappa shape index (κ3) is 2.58. The highest BCUT2D eigenvalue weighted by Crippen LogP contribution is 2.47. The van der Waals surface area contributed by atoms with Gasteiger partial charge in [-0.25, -0.2) is 9.50 Å². The topological polar surface area (TPSA) is 105 Å². The molecule has 1 fully saturated rings. The second kappa shape index (κ2) is 6.15. The lowest BCUT2D eigenvalue weighted by atomic mass is 9.99. The average molecular weight is 424 g/mol. The third-order valence-corrected chi connectivity index (χ3v) is 6.34. The van der Waals surface area contributed by atoms with Gasteiger partial charge in [-0.15, -0.1) is 10.2 Å². The van der Waals surface area contributed by atoms with E-state index in [1.807, 2.05) is 18.2 Å². The normalized spacial score (nSPS) is 19.8. The fourth-order valence-corrected chi connectivity index (χ4v) is 4.22. The first-order valence-corrected chi connectivity index (χ1v) is 10.2. The van der Waals surface area contributed by atoms with Gasteiger partial charge in [-0.2, -0.15) is 5.10 Å². The molecule has 10 heteroatoms. The summed E-state index contributed by atoms with van der Waals surface area (Å²) in [6.45, 7) is 2.55. The minimum absolute atomic E-state index is 0.00362. The van der Waals surface area contributed by atoms with E-state index in [0.29, 0.717) is 29.7 Å². The summed E-state index contributed by atoms with van der Waals surface area (Å²) in [6.07, 6.45) is 4.29. The predicted octanol–water partition coefficient (Wildman–Crippen LogP) is 2.93. The summed E-state index contributed by atoms with van der Waals surface area (Å²) < 4.78 is 7.42. The van der Waals surface area contributed by atoms with Gasteiger partial charge in [-0.3, -0.25) is 4.79 Å². The molecule has 1 unspecified atom stereocenters. The molecule has 0 bridgehead atoms. The van der Waals surface area contributed by atoms with Crippen LogP contribution < -0.4 is 0 Å². The molecule has 0 radical (unpaired) electrons. The summed E-state index contributed by atoms with van der Waals surface area (Å²) in [5, 5.41) is 13.3. The van der Waals surface area contributed by atoms with Gasteiger partial charge in [0, 0.05) is 24.1 Å². The Morgan fingerprint density at radius 3 is 3.00 bits per heavy atom. The second-order valence-electron chi connectivity index (χ2n) is 8.14. The summed E-state index contributed by atoms with van der Waals surface area (Å²) in [5.74, 6) is 0.211. The van der Waals surface area contributed by atoms with E-state index in [2.05, 4.69) is 32.2 Å². The van der Waals surface area contributed by atoms with Crippen molar-refractivity contribution in [1.82, 2.24) is 34.7 Å². The summed E-state index contributed by atoms with van der Waals surface area (Å²) in [4.78, 5) is 22.8. The van der Waals surface area contributed by atoms with E-state index < -0.39 is 6.04 Å². The van der Waals surface area contributed by atoms with Gasteiger partial charge in [0.15, 0.2) is 0 Å². The van der Waals surface area contributed by atoms with Gasteiger partial charge in [0.25, 0.3) is 0 Å². The minimum atomic E-state index is -0.477. The van der Waals surface area contributed by atoms with Crippen LogP contribution in [-0.4, -0.2) is 47.1 Å². The molecule has 0 saturated heterocycles. The van der Waals surface area contributed by atoms with Crippen molar-refractivity contribution < 1.29 is 9.21 Å². The zero-order valence-electron chi connectivity index (χ0n) is 16.2. The molecule has 4 aromatic heterocycles. The molecule has 0 aromatic carbocycles. The smallest absolute Gasteiger partial charge is 0.312 e. The van der Waals surface area contributed by atoms with E-state index in [9.17, 15) is 4.79 Å². The number of fused-ring (bicyclic) bond motifs is 2. The maximum absolute atomic E-state index is 13.4. The number of aromatic nitrogens is 6. The average Bonchev–Trinajstić information content (AvgIpc) is 3.21. The van der Waals surface area contributed by atoms with Crippen LogP contribution in [0.15, 0.2) is 35.0 Å². The van der Waals surface area contributed by atoms with E-state index in [1.54, 1.807) is 21.8 Å². The highest BCUT2D eigenvalue weighted by atomic mass is 35.5. The molecule has 1 aliphatic heterocycles. The van der Waals surface area contributed by atoms with Gasteiger partial charge >= 0.3 is 11.8 Å².